The molecule has 1 unspecified atom stereocenters. The molecule has 1 aromatic carbocycles. The van der Waals surface area contributed by atoms with Crippen molar-refractivity contribution >= 4 is 17.5 Å². The number of nitrogens with zero attached hydrogens (tertiary/aromatic N) is 3. The number of rotatable bonds is 5. The first-order chi connectivity index (χ1) is 11.9. The number of aliphatic hydroxyl groups excluding tert-OH is 1. The summed E-state index contributed by atoms with van der Waals surface area (Å²) in [6.07, 6.45) is 1.38. The van der Waals surface area contributed by atoms with E-state index in [0.717, 1.165) is 36.6 Å². The van der Waals surface area contributed by atoms with E-state index in [-0.39, 0.29) is 6.10 Å². The molecule has 0 aliphatic carbocycles. The zero-order valence-electron chi connectivity index (χ0n) is 15.8. The van der Waals surface area contributed by atoms with Gasteiger partial charge in [0.1, 0.15) is 5.82 Å². The molecule has 0 radical (unpaired) electrons. The second-order valence-corrected chi connectivity index (χ2v) is 7.09. The van der Waals surface area contributed by atoms with Gasteiger partial charge in [-0.1, -0.05) is 24.6 Å². The summed E-state index contributed by atoms with van der Waals surface area (Å²) in [4.78, 5) is 11.6. The Balaban J connectivity index is 1.92. The van der Waals surface area contributed by atoms with Gasteiger partial charge in [-0.3, -0.25) is 0 Å². The summed E-state index contributed by atoms with van der Waals surface area (Å²) in [5.74, 6) is 1.59. The number of fused-ring (bicyclic) bond motifs is 1. The Bertz CT molecular complexity index is 765. The number of hydrogen-bond acceptors (Lipinski definition) is 5. The number of benzene rings is 1. The summed E-state index contributed by atoms with van der Waals surface area (Å²) in [6, 6.07) is 4.33. The Morgan fingerprint density at radius 2 is 1.84 bits per heavy atom. The molecular formula is C20H28N4O. The minimum Gasteiger partial charge on any atom is -0.391 e. The standard InChI is InChI=1S/C20H28N4O/c1-6-16(25)11-24-8-7-17-15(5)21-20(23-19(17)24)22-18-13(3)9-12(2)10-14(18)4/h9-10,16,25H,6-8,11H2,1-5H3,(H,21,22,23). The zero-order valence-corrected chi connectivity index (χ0v) is 15.8. The molecule has 134 valence electrons. The predicted molar refractivity (Wildman–Crippen MR) is 103 cm³/mol. The maximum atomic E-state index is 10.0. The molecule has 1 aromatic heterocycles. The van der Waals surface area contributed by atoms with Gasteiger partial charge in [-0.15, -0.1) is 0 Å². The van der Waals surface area contributed by atoms with Crippen LogP contribution in [-0.4, -0.2) is 34.3 Å². The molecule has 2 N–H and O–H groups in total. The number of hydrogen-bond donors (Lipinski definition) is 2. The molecule has 3 rings (SSSR count). The smallest absolute Gasteiger partial charge is 0.229 e. The minimum atomic E-state index is -0.320. The fourth-order valence-electron chi connectivity index (χ4n) is 3.59. The number of anilines is 3. The molecule has 1 aliphatic rings. The largest absolute Gasteiger partial charge is 0.391 e. The highest BCUT2D eigenvalue weighted by molar-refractivity contribution is 5.66. The van der Waals surface area contributed by atoms with Crippen molar-refractivity contribution in [3.05, 3.63) is 40.1 Å². The summed E-state index contributed by atoms with van der Waals surface area (Å²) < 4.78 is 0. The Morgan fingerprint density at radius 1 is 1.16 bits per heavy atom. The van der Waals surface area contributed by atoms with Crippen molar-refractivity contribution in [2.24, 2.45) is 0 Å². The van der Waals surface area contributed by atoms with Crippen molar-refractivity contribution in [2.75, 3.05) is 23.3 Å². The van der Waals surface area contributed by atoms with Crippen LogP contribution in [0.15, 0.2) is 12.1 Å². The van der Waals surface area contributed by atoms with E-state index in [2.05, 4.69) is 48.1 Å². The second kappa shape index (κ2) is 7.00. The lowest BCUT2D eigenvalue weighted by Crippen LogP contribution is -2.31. The van der Waals surface area contributed by atoms with E-state index in [0.29, 0.717) is 12.5 Å². The molecule has 0 saturated heterocycles. The lowest BCUT2D eigenvalue weighted by molar-refractivity contribution is 0.176. The lowest BCUT2D eigenvalue weighted by atomic mass is 10.1. The lowest BCUT2D eigenvalue weighted by Gasteiger charge is -2.22. The van der Waals surface area contributed by atoms with Crippen LogP contribution < -0.4 is 10.2 Å². The average molecular weight is 340 g/mol. The van der Waals surface area contributed by atoms with Gasteiger partial charge in [0.15, 0.2) is 0 Å². The Labute approximate surface area is 150 Å². The molecule has 0 bridgehead atoms. The normalized spacial score (nSPS) is 14.6. The molecule has 5 nitrogen and oxygen atoms in total. The molecule has 1 aliphatic heterocycles. The van der Waals surface area contributed by atoms with Crippen LogP contribution in [0.25, 0.3) is 0 Å². The van der Waals surface area contributed by atoms with E-state index in [1.807, 2.05) is 13.8 Å². The Hall–Kier alpha value is -2.14. The average Bonchev–Trinajstić information content (AvgIpc) is 2.94. The number of aromatic nitrogens is 2. The monoisotopic (exact) mass is 340 g/mol. The van der Waals surface area contributed by atoms with Gasteiger partial charge in [-0.25, -0.2) is 4.98 Å². The van der Waals surface area contributed by atoms with Crippen LogP contribution in [0.1, 0.15) is 41.3 Å². The zero-order chi connectivity index (χ0) is 18.1. The number of aryl methyl sites for hydroxylation is 4. The fourth-order valence-corrected chi connectivity index (χ4v) is 3.59. The number of nitrogens with one attached hydrogen (secondary N) is 1. The topological polar surface area (TPSA) is 61.3 Å². The van der Waals surface area contributed by atoms with Crippen LogP contribution in [-0.2, 0) is 6.42 Å². The van der Waals surface area contributed by atoms with Crippen molar-refractivity contribution in [3.63, 3.8) is 0 Å². The van der Waals surface area contributed by atoms with Gasteiger partial charge in [-0.2, -0.15) is 4.98 Å². The predicted octanol–water partition coefficient (Wildman–Crippen LogP) is 3.59. The Morgan fingerprint density at radius 3 is 2.48 bits per heavy atom. The second-order valence-electron chi connectivity index (χ2n) is 7.09. The highest BCUT2D eigenvalue weighted by atomic mass is 16.3. The SMILES string of the molecule is CCC(O)CN1CCc2c(C)nc(Nc3c(C)cc(C)cc3C)nc21. The van der Waals surface area contributed by atoms with E-state index in [4.69, 9.17) is 4.98 Å². The van der Waals surface area contributed by atoms with E-state index in [1.165, 1.54) is 22.3 Å². The molecule has 5 heteroatoms. The number of aliphatic hydroxyl groups is 1. The summed E-state index contributed by atoms with van der Waals surface area (Å²) in [7, 11) is 0. The third kappa shape index (κ3) is 3.61. The van der Waals surface area contributed by atoms with Gasteiger partial charge in [0.2, 0.25) is 5.95 Å². The van der Waals surface area contributed by atoms with Crippen LogP contribution in [0.5, 0.6) is 0 Å². The van der Waals surface area contributed by atoms with Crippen LogP contribution in [0.4, 0.5) is 17.5 Å². The highest BCUT2D eigenvalue weighted by Gasteiger charge is 2.25. The van der Waals surface area contributed by atoms with Crippen molar-refractivity contribution in [2.45, 2.75) is 53.6 Å². The fraction of sp³-hybridized carbons (Fsp3) is 0.500. The first-order valence-electron chi connectivity index (χ1n) is 9.04. The van der Waals surface area contributed by atoms with Gasteiger partial charge in [0.05, 0.1) is 6.10 Å². The maximum Gasteiger partial charge on any atom is 0.229 e. The van der Waals surface area contributed by atoms with Crippen LogP contribution in [0.2, 0.25) is 0 Å². The first kappa shape index (κ1) is 17.7. The molecule has 25 heavy (non-hydrogen) atoms. The summed E-state index contributed by atoms with van der Waals surface area (Å²) in [6.45, 7) is 11.9. The molecule has 2 aromatic rings. The summed E-state index contributed by atoms with van der Waals surface area (Å²) in [5, 5.41) is 13.4. The minimum absolute atomic E-state index is 0.320. The van der Waals surface area contributed by atoms with E-state index < -0.39 is 0 Å². The van der Waals surface area contributed by atoms with Gasteiger partial charge >= 0.3 is 0 Å². The third-order valence-electron chi connectivity index (χ3n) is 4.94. The van der Waals surface area contributed by atoms with Crippen LogP contribution in [0, 0.1) is 27.7 Å². The molecular weight excluding hydrogens is 312 g/mol. The van der Waals surface area contributed by atoms with Gasteiger partial charge in [0.25, 0.3) is 0 Å². The molecule has 0 amide bonds. The third-order valence-corrected chi connectivity index (χ3v) is 4.94. The maximum absolute atomic E-state index is 10.0. The first-order valence-corrected chi connectivity index (χ1v) is 9.04. The van der Waals surface area contributed by atoms with Crippen molar-refractivity contribution in [1.29, 1.82) is 0 Å². The van der Waals surface area contributed by atoms with Crippen molar-refractivity contribution < 1.29 is 5.11 Å². The van der Waals surface area contributed by atoms with Crippen molar-refractivity contribution in [1.82, 2.24) is 9.97 Å². The highest BCUT2D eigenvalue weighted by Crippen LogP contribution is 2.31. The van der Waals surface area contributed by atoms with E-state index in [9.17, 15) is 5.11 Å². The Kier molecular flexibility index (Phi) is 4.95. The molecule has 1 atom stereocenters. The molecule has 0 saturated carbocycles. The van der Waals surface area contributed by atoms with Gasteiger partial charge in [0, 0.05) is 30.0 Å². The quantitative estimate of drug-likeness (QED) is 0.871. The summed E-state index contributed by atoms with van der Waals surface area (Å²) in [5.41, 5.74) is 6.93. The van der Waals surface area contributed by atoms with E-state index in [1.54, 1.807) is 0 Å². The van der Waals surface area contributed by atoms with Crippen LogP contribution >= 0.6 is 0 Å². The summed E-state index contributed by atoms with van der Waals surface area (Å²) >= 11 is 0. The van der Waals surface area contributed by atoms with Crippen LogP contribution in [0.3, 0.4) is 0 Å². The molecule has 2 heterocycles. The van der Waals surface area contributed by atoms with Gasteiger partial charge in [-0.05, 0) is 51.7 Å². The molecule has 0 spiro atoms. The molecule has 0 fully saturated rings. The number of β-amino-alcohol motifs (C(OH)–C–C–N with tert-alkyl or cyclic N) is 1. The van der Waals surface area contributed by atoms with E-state index >= 15 is 0 Å². The van der Waals surface area contributed by atoms with Crippen molar-refractivity contribution in [3.8, 4) is 0 Å². The van der Waals surface area contributed by atoms with Gasteiger partial charge < -0.3 is 15.3 Å².